The molecule has 0 aliphatic heterocycles. The van der Waals surface area contributed by atoms with Crippen molar-refractivity contribution in [3.8, 4) is 0 Å². The largest absolute Gasteiger partial charge is 0.0622 e. The fourth-order valence-electron chi connectivity index (χ4n) is 5.09. The minimum Gasteiger partial charge on any atom is -0.0622 e. The molecule has 2 unspecified atom stereocenters. The lowest BCUT2D eigenvalue weighted by Gasteiger charge is -2.49. The molecule has 0 bridgehead atoms. The Bertz CT molecular complexity index is 480. The van der Waals surface area contributed by atoms with Crippen molar-refractivity contribution < 1.29 is 1.37 Å². The van der Waals surface area contributed by atoms with Crippen molar-refractivity contribution in [1.29, 1.82) is 0 Å². The molecule has 0 amide bonds. The van der Waals surface area contributed by atoms with Gasteiger partial charge in [-0.3, -0.25) is 0 Å². The van der Waals surface area contributed by atoms with E-state index in [1.54, 1.807) is 0 Å². The number of hydrogen-bond donors (Lipinski definition) is 0. The van der Waals surface area contributed by atoms with E-state index in [4.69, 9.17) is 0 Å². The molecule has 0 aromatic heterocycles. The van der Waals surface area contributed by atoms with Crippen LogP contribution in [0.3, 0.4) is 0 Å². The van der Waals surface area contributed by atoms with Gasteiger partial charge in [0.1, 0.15) is 0 Å². The van der Waals surface area contributed by atoms with Crippen molar-refractivity contribution in [3.05, 3.63) is 35.9 Å². The maximum atomic E-state index is 9.58. The molecule has 1 aromatic rings. The summed E-state index contributed by atoms with van der Waals surface area (Å²) >= 11 is 0. The summed E-state index contributed by atoms with van der Waals surface area (Å²) in [7, 11) is 0. The number of hydrogen-bond acceptors (Lipinski definition) is 0. The average molecular weight is 271 g/mol. The van der Waals surface area contributed by atoms with Gasteiger partial charge < -0.3 is 0 Å². The smallest absolute Gasteiger partial charge is 0.0315 e. The molecule has 1 aromatic carbocycles. The first-order valence-electron chi connectivity index (χ1n) is 8.97. The molecule has 0 radical (unpaired) electrons. The van der Waals surface area contributed by atoms with Crippen LogP contribution < -0.4 is 0 Å². The zero-order valence-electron chi connectivity index (χ0n) is 14.4. The van der Waals surface area contributed by atoms with Crippen molar-refractivity contribution in [2.75, 3.05) is 0 Å². The lowest BCUT2D eigenvalue weighted by molar-refractivity contribution is 0.0912. The Morgan fingerprint density at radius 1 is 1.00 bits per heavy atom. The first kappa shape index (κ1) is 12.9. The van der Waals surface area contributed by atoms with E-state index in [0.29, 0.717) is 5.92 Å². The molecule has 2 aliphatic carbocycles. The molecule has 20 heavy (non-hydrogen) atoms. The van der Waals surface area contributed by atoms with Crippen molar-refractivity contribution in [2.24, 2.45) is 17.2 Å². The van der Waals surface area contributed by atoms with Gasteiger partial charge in [0.25, 0.3) is 0 Å². The van der Waals surface area contributed by atoms with E-state index in [-0.39, 0.29) is 16.7 Å². The van der Waals surface area contributed by atoms with Crippen LogP contribution in [0.25, 0.3) is 0 Å². The van der Waals surface area contributed by atoms with Gasteiger partial charge in [-0.25, -0.2) is 0 Å². The van der Waals surface area contributed by atoms with Gasteiger partial charge in [0.15, 0.2) is 0 Å². The molecule has 2 atom stereocenters. The highest BCUT2D eigenvalue weighted by Crippen LogP contribution is 2.60. The van der Waals surface area contributed by atoms with Crippen LogP contribution in [0.2, 0.25) is 0 Å². The van der Waals surface area contributed by atoms with Crippen molar-refractivity contribution in [3.63, 3.8) is 0 Å². The van der Waals surface area contributed by atoms with Crippen LogP contribution in [0.1, 0.15) is 72.7 Å². The second kappa shape index (κ2) is 5.20. The summed E-state index contributed by atoms with van der Waals surface area (Å²) in [6.07, 6.45) is 8.69. The van der Waals surface area contributed by atoms with Crippen LogP contribution in [-0.4, -0.2) is 0 Å². The van der Waals surface area contributed by atoms with Gasteiger partial charge in [-0.1, -0.05) is 83.2 Å². The second-order valence-corrected chi connectivity index (χ2v) is 7.88. The lowest BCUT2D eigenvalue weighted by Crippen LogP contribution is -2.45. The van der Waals surface area contributed by atoms with E-state index < -0.39 is 0 Å². The molecule has 0 nitrogen and oxygen atoms in total. The van der Waals surface area contributed by atoms with E-state index in [0.717, 1.165) is 6.42 Å². The van der Waals surface area contributed by atoms with E-state index in [1.165, 1.54) is 44.1 Å². The third-order valence-electron chi connectivity index (χ3n) is 5.94. The molecule has 0 spiro atoms. The summed E-state index contributed by atoms with van der Waals surface area (Å²) in [5, 5.41) is 0. The lowest BCUT2D eigenvalue weighted by atomic mass is 9.55. The van der Waals surface area contributed by atoms with Gasteiger partial charge in [0, 0.05) is 6.79 Å². The van der Waals surface area contributed by atoms with Gasteiger partial charge >= 0.3 is 0 Å². The molecule has 2 aliphatic rings. The summed E-state index contributed by atoms with van der Waals surface area (Å²) in [5.41, 5.74) is 1.56. The Kier molecular flexibility index (Phi) is 3.36. The Morgan fingerprint density at radius 3 is 2.25 bits per heavy atom. The topological polar surface area (TPSA) is 0 Å². The van der Waals surface area contributed by atoms with Crippen LogP contribution in [0.15, 0.2) is 30.3 Å². The van der Waals surface area contributed by atoms with E-state index in [9.17, 15) is 1.37 Å². The summed E-state index contributed by atoms with van der Waals surface area (Å²) in [6, 6.07) is 11.0. The van der Waals surface area contributed by atoms with Gasteiger partial charge in [0.05, 0.1) is 0 Å². The van der Waals surface area contributed by atoms with Crippen molar-refractivity contribution >= 4 is 0 Å². The monoisotopic (exact) mass is 271 g/mol. The molecule has 0 saturated heterocycles. The first-order chi connectivity index (χ1) is 9.92. The highest BCUT2D eigenvalue weighted by molar-refractivity contribution is 5.31. The molecular weight excluding hydrogens is 240 g/mol. The third-order valence-corrected chi connectivity index (χ3v) is 5.94. The van der Waals surface area contributed by atoms with Crippen molar-refractivity contribution in [1.82, 2.24) is 0 Å². The zero-order chi connectivity index (χ0) is 15.1. The molecule has 2 saturated carbocycles. The maximum Gasteiger partial charge on any atom is 0.0315 e. The van der Waals surface area contributed by atoms with Gasteiger partial charge in [0.2, 0.25) is 0 Å². The standard InChI is InChI=1S/C20H30/c1-19(2,3)20(17-12-5-4-6-13-17)15-9-14-18(20)16-10-7-8-11-16/h4-6,12-13,16,18H,7-11,14-15H2,1-3H3/i18D. The fraction of sp³-hybridized carbons (Fsp3) is 0.700. The van der Waals surface area contributed by atoms with E-state index in [2.05, 4.69) is 51.1 Å². The Balaban J connectivity index is 2.15. The molecule has 2 fully saturated rings. The minimum atomic E-state index is -0.275. The molecular formula is C20H30. The Labute approximate surface area is 126 Å². The summed E-state index contributed by atoms with van der Waals surface area (Å²) in [5.74, 6) is 0.322. The van der Waals surface area contributed by atoms with Crippen molar-refractivity contribution in [2.45, 2.75) is 71.1 Å². The van der Waals surface area contributed by atoms with Gasteiger partial charge in [-0.2, -0.15) is 0 Å². The van der Waals surface area contributed by atoms with Gasteiger partial charge in [-0.05, 0) is 35.6 Å². The fourth-order valence-corrected chi connectivity index (χ4v) is 5.09. The minimum absolute atomic E-state index is 0.0102. The van der Waals surface area contributed by atoms with Crippen LogP contribution >= 0.6 is 0 Å². The highest BCUT2D eigenvalue weighted by atomic mass is 14.6. The third kappa shape index (κ3) is 2.12. The quantitative estimate of drug-likeness (QED) is 0.622. The normalized spacial score (nSPS) is 36.2. The second-order valence-electron chi connectivity index (χ2n) is 7.88. The Hall–Kier alpha value is -0.780. The molecule has 3 rings (SSSR count). The Morgan fingerprint density at radius 2 is 1.65 bits per heavy atom. The van der Waals surface area contributed by atoms with Crippen LogP contribution in [0.5, 0.6) is 0 Å². The predicted octanol–water partition coefficient (Wildman–Crippen LogP) is 5.96. The zero-order valence-corrected chi connectivity index (χ0v) is 13.4. The average Bonchev–Trinajstić information content (AvgIpc) is 3.07. The predicted molar refractivity (Wildman–Crippen MR) is 86.9 cm³/mol. The van der Waals surface area contributed by atoms with E-state index in [1.807, 2.05) is 0 Å². The van der Waals surface area contributed by atoms with Crippen LogP contribution in [0, 0.1) is 17.2 Å². The van der Waals surface area contributed by atoms with Crippen LogP contribution in [0.4, 0.5) is 0 Å². The molecule has 0 heteroatoms. The van der Waals surface area contributed by atoms with E-state index >= 15 is 0 Å². The molecule has 110 valence electrons. The molecule has 0 N–H and O–H groups in total. The van der Waals surface area contributed by atoms with Gasteiger partial charge in [-0.15, -0.1) is 0 Å². The summed E-state index contributed by atoms with van der Waals surface area (Å²) < 4.78 is 9.58. The summed E-state index contributed by atoms with van der Waals surface area (Å²) in [6.45, 7) is 7.09. The first-order valence-corrected chi connectivity index (χ1v) is 8.47. The van der Waals surface area contributed by atoms with Crippen LogP contribution in [-0.2, 0) is 5.41 Å². The number of benzene rings is 1. The molecule has 0 heterocycles. The number of rotatable bonds is 2. The summed E-state index contributed by atoms with van der Waals surface area (Å²) in [4.78, 5) is 0. The SMILES string of the molecule is [2H]C1(C2CCCC2)CCCC1(c1ccccc1)C(C)(C)C. The maximum absolute atomic E-state index is 9.58. The highest BCUT2D eigenvalue weighted by Gasteiger charge is 2.53.